The Morgan fingerprint density at radius 1 is 0.818 bits per heavy atom. The third kappa shape index (κ3) is 7.13. The molecule has 6 aromatic rings. The lowest BCUT2D eigenvalue weighted by Crippen LogP contribution is -2.57. The minimum absolute atomic E-state index is 0.205. The number of aliphatic hydroxyl groups is 1. The van der Waals surface area contributed by atoms with Gasteiger partial charge in [0.25, 0.3) is 5.91 Å². The number of carbonyl (C=O) groups is 1. The van der Waals surface area contributed by atoms with Crippen molar-refractivity contribution in [3.8, 4) is 0 Å². The summed E-state index contributed by atoms with van der Waals surface area (Å²) in [6.07, 6.45) is -2.06. The van der Waals surface area contributed by atoms with Crippen LogP contribution in [0, 0.1) is 0 Å². The van der Waals surface area contributed by atoms with Crippen LogP contribution in [-0.4, -0.2) is 70.4 Å². The van der Waals surface area contributed by atoms with Crippen LogP contribution in [0.5, 0.6) is 0 Å². The minimum Gasteiger partial charge on any atom is -0.408 e. The summed E-state index contributed by atoms with van der Waals surface area (Å²) in [7, 11) is -1.10. The molecule has 3 heterocycles. The molecule has 1 fully saturated rings. The van der Waals surface area contributed by atoms with Crippen molar-refractivity contribution >= 4 is 31.2 Å². The summed E-state index contributed by atoms with van der Waals surface area (Å²) in [6.45, 7) is 10.8. The van der Waals surface area contributed by atoms with E-state index in [9.17, 15) is 9.90 Å². The van der Waals surface area contributed by atoms with Gasteiger partial charge in [0.2, 0.25) is 0 Å². The van der Waals surface area contributed by atoms with Crippen molar-refractivity contribution in [2.75, 3.05) is 12.4 Å². The van der Waals surface area contributed by atoms with Gasteiger partial charge in [-0.2, -0.15) is 0 Å². The molecule has 12 heteroatoms. The third-order valence-corrected chi connectivity index (χ3v) is 15.5. The van der Waals surface area contributed by atoms with Gasteiger partial charge in [0.1, 0.15) is 30.7 Å². The van der Waals surface area contributed by atoms with Gasteiger partial charge in [-0.15, -0.1) is 0 Å². The Kier molecular flexibility index (Phi) is 10.8. The Morgan fingerprint density at radius 2 is 1.35 bits per heavy atom. The Balaban J connectivity index is 1.39. The van der Waals surface area contributed by atoms with E-state index >= 15 is 0 Å². The molecule has 2 aromatic heterocycles. The zero-order valence-electron chi connectivity index (χ0n) is 31.9. The second-order valence-electron chi connectivity index (χ2n) is 15.3. The van der Waals surface area contributed by atoms with Crippen LogP contribution in [-0.2, 0) is 24.4 Å². The largest absolute Gasteiger partial charge is 0.408 e. The van der Waals surface area contributed by atoms with Crippen LogP contribution in [0.25, 0.3) is 11.2 Å². The second kappa shape index (κ2) is 15.6. The van der Waals surface area contributed by atoms with Crippen molar-refractivity contribution in [1.29, 1.82) is 0 Å². The Labute approximate surface area is 322 Å². The van der Waals surface area contributed by atoms with Gasteiger partial charge in [-0.3, -0.25) is 9.36 Å². The summed E-state index contributed by atoms with van der Waals surface area (Å²) in [5.41, 5.74) is 2.94. The van der Waals surface area contributed by atoms with Gasteiger partial charge < -0.3 is 19.6 Å². The van der Waals surface area contributed by atoms with Crippen molar-refractivity contribution < 1.29 is 28.8 Å². The van der Waals surface area contributed by atoms with Gasteiger partial charge in [0.05, 0.1) is 18.9 Å². The van der Waals surface area contributed by atoms with E-state index in [0.29, 0.717) is 16.7 Å². The summed E-state index contributed by atoms with van der Waals surface area (Å²) in [5.74, 6) is -0.110. The summed E-state index contributed by atoms with van der Waals surface area (Å²) in [6, 6.07) is 39.3. The number of hydrogen-bond acceptors (Lipinski definition) is 9. The van der Waals surface area contributed by atoms with Crippen LogP contribution in [0.4, 0.5) is 5.82 Å². The molecule has 284 valence electrons. The van der Waals surface area contributed by atoms with Crippen LogP contribution in [0.3, 0.4) is 0 Å². The number of rotatable bonds is 12. The van der Waals surface area contributed by atoms with Crippen LogP contribution in [0.1, 0.15) is 54.0 Å². The predicted molar refractivity (Wildman–Crippen MR) is 213 cm³/mol. The molecular weight excluding hydrogens is 711 g/mol. The van der Waals surface area contributed by atoms with Gasteiger partial charge in [0.15, 0.2) is 31.5 Å². The number of imidazole rings is 1. The first-order valence-electron chi connectivity index (χ1n) is 18.4. The first-order valence-corrected chi connectivity index (χ1v) is 21.3. The van der Waals surface area contributed by atoms with Gasteiger partial charge in [0, 0.05) is 5.56 Å². The number of carbonyl (C=O) groups excluding carboxylic acids is 1. The number of aromatic nitrogens is 4. The van der Waals surface area contributed by atoms with E-state index in [4.69, 9.17) is 18.9 Å². The third-order valence-electron chi connectivity index (χ3n) is 11.0. The van der Waals surface area contributed by atoms with Crippen molar-refractivity contribution in [2.24, 2.45) is 0 Å². The first kappa shape index (κ1) is 38.2. The number of benzene rings is 4. The quantitative estimate of drug-likeness (QED) is 0.0558. The number of hydrogen-bond donors (Lipinski definition) is 2. The van der Waals surface area contributed by atoms with Crippen molar-refractivity contribution in [3.05, 3.63) is 156 Å². The lowest BCUT2D eigenvalue weighted by Gasteiger charge is -2.46. The Morgan fingerprint density at radius 3 is 1.85 bits per heavy atom. The molecule has 4 aromatic carbocycles. The molecule has 7 rings (SSSR count). The molecule has 11 nitrogen and oxygen atoms in total. The summed E-state index contributed by atoms with van der Waals surface area (Å²) in [5, 5.41) is 15.2. The highest BCUT2D eigenvalue weighted by Gasteiger charge is 2.59. The van der Waals surface area contributed by atoms with E-state index in [1.54, 1.807) is 35.2 Å². The molecule has 1 aliphatic heterocycles. The van der Waals surface area contributed by atoms with Crippen LogP contribution < -0.4 is 5.32 Å². The maximum absolute atomic E-state index is 13.1. The monoisotopic (exact) mass is 757 g/mol. The maximum Gasteiger partial charge on any atom is 0.256 e. The molecule has 0 bridgehead atoms. The number of nitrogens with one attached hydrogen (secondary N) is 1. The van der Waals surface area contributed by atoms with E-state index in [1.807, 2.05) is 60.7 Å². The van der Waals surface area contributed by atoms with Crippen LogP contribution in [0.2, 0.25) is 18.1 Å². The number of anilines is 1. The van der Waals surface area contributed by atoms with Gasteiger partial charge in [-0.25, -0.2) is 24.7 Å². The van der Waals surface area contributed by atoms with E-state index in [0.717, 1.165) is 16.7 Å². The molecule has 0 aliphatic carbocycles. The number of amides is 1. The molecule has 0 spiro atoms. The standard InChI is InChI=1S/C43H47N5O6Si/c1-42(2,3)55(5,6)54-35-34(49)41(48-28-46-33-38(44-27-45-39(33)48)47-40(50)29-19-11-7-12-20-29)52-36(35)37(53-51-4)43(30-21-13-8-14-22-30,31-23-15-9-16-24-31)32-25-17-10-18-26-32/h7-28,34-37,41,49H,1-6H3,(H,44,45,47,50)/t34-,35+,36+,37?,41-/m1/s1. The van der Waals surface area contributed by atoms with E-state index < -0.39 is 44.4 Å². The Bertz CT molecular complexity index is 2100. The molecule has 5 atom stereocenters. The normalized spacial score (nSPS) is 19.7. The molecule has 1 aliphatic rings. The molecular formula is C43H47N5O6Si. The number of fused-ring (bicyclic) bond motifs is 1. The molecule has 0 radical (unpaired) electrons. The van der Waals surface area contributed by atoms with E-state index in [2.05, 4.69) is 90.5 Å². The fourth-order valence-corrected chi connectivity index (χ4v) is 8.58. The van der Waals surface area contributed by atoms with Gasteiger partial charge in [-0.1, -0.05) is 130 Å². The highest BCUT2D eigenvalue weighted by molar-refractivity contribution is 6.74. The predicted octanol–water partition coefficient (Wildman–Crippen LogP) is 7.71. The Hall–Kier alpha value is -5.08. The van der Waals surface area contributed by atoms with Crippen LogP contribution >= 0.6 is 0 Å². The smallest absolute Gasteiger partial charge is 0.256 e. The molecule has 55 heavy (non-hydrogen) atoms. The highest BCUT2D eigenvalue weighted by atomic mass is 28.4. The first-order chi connectivity index (χ1) is 26.5. The average Bonchev–Trinajstić information content (AvgIpc) is 3.76. The van der Waals surface area contributed by atoms with Crippen molar-refractivity contribution in [2.45, 2.75) is 75.0 Å². The zero-order valence-corrected chi connectivity index (χ0v) is 32.9. The number of nitrogens with zero attached hydrogens (tertiary/aromatic N) is 4. The molecule has 1 unspecified atom stereocenters. The molecule has 1 amide bonds. The SMILES string of the molecule is COOC([C@H]1O[C@@H](n2cnc3c(NC(=O)c4ccccc4)ncnc32)[C@H](O)[C@@H]1O[Si](C)(C)C(C)(C)C)C(c1ccccc1)(c1ccccc1)c1ccccc1. The lowest BCUT2D eigenvalue weighted by atomic mass is 9.64. The van der Waals surface area contributed by atoms with Crippen LogP contribution in [0.15, 0.2) is 134 Å². The highest BCUT2D eigenvalue weighted by Crippen LogP contribution is 2.50. The van der Waals surface area contributed by atoms with Gasteiger partial charge in [-0.05, 0) is 47.0 Å². The van der Waals surface area contributed by atoms with Crippen molar-refractivity contribution in [3.63, 3.8) is 0 Å². The molecule has 0 saturated carbocycles. The molecule has 1 saturated heterocycles. The minimum atomic E-state index is -2.58. The zero-order chi connectivity index (χ0) is 38.8. The summed E-state index contributed by atoms with van der Waals surface area (Å²) < 4.78 is 15.9. The van der Waals surface area contributed by atoms with E-state index in [1.165, 1.54) is 13.4 Å². The fourth-order valence-electron chi connectivity index (χ4n) is 7.27. The number of aliphatic hydroxyl groups excluding tert-OH is 1. The van der Waals surface area contributed by atoms with Gasteiger partial charge >= 0.3 is 0 Å². The topological polar surface area (TPSA) is 130 Å². The summed E-state index contributed by atoms with van der Waals surface area (Å²) in [4.78, 5) is 38.8. The summed E-state index contributed by atoms with van der Waals surface area (Å²) >= 11 is 0. The van der Waals surface area contributed by atoms with Crippen molar-refractivity contribution in [1.82, 2.24) is 19.5 Å². The average molecular weight is 758 g/mol. The molecule has 2 N–H and O–H groups in total. The second-order valence-corrected chi connectivity index (χ2v) is 20.0. The number of ether oxygens (including phenoxy) is 1. The maximum atomic E-state index is 13.1. The lowest BCUT2D eigenvalue weighted by molar-refractivity contribution is -0.335. The fraction of sp³-hybridized carbons (Fsp3) is 0.302. The van der Waals surface area contributed by atoms with E-state index in [-0.39, 0.29) is 16.8 Å².